The number of aliphatic hydroxyl groups excluding tert-OH is 2. The third kappa shape index (κ3) is 6.94. The number of imide groups is 1. The molecule has 0 spiro atoms. The molecule has 2 fully saturated rings. The molecule has 8 heteroatoms. The molecule has 0 radical (unpaired) electrons. The van der Waals surface area contributed by atoms with Crippen LogP contribution in [0.25, 0.3) is 0 Å². The number of hydrogen-bond donors (Lipinski definition) is 4. The van der Waals surface area contributed by atoms with Crippen LogP contribution in [0.15, 0.2) is 0 Å². The van der Waals surface area contributed by atoms with Crippen LogP contribution in [-0.2, 0) is 9.59 Å². The lowest BCUT2D eigenvalue weighted by Crippen LogP contribution is -2.53. The summed E-state index contributed by atoms with van der Waals surface area (Å²) in [5.74, 6) is -0.927. The summed E-state index contributed by atoms with van der Waals surface area (Å²) in [7, 11) is 0. The fourth-order valence-electron chi connectivity index (χ4n) is 4.26. The number of carbonyl (C=O) groups is 3. The van der Waals surface area contributed by atoms with Crippen molar-refractivity contribution in [2.24, 2.45) is 5.41 Å². The molecule has 0 saturated heterocycles. The van der Waals surface area contributed by atoms with Gasteiger partial charge in [-0.2, -0.15) is 0 Å². The maximum atomic E-state index is 13.0. The minimum Gasteiger partial charge on any atom is -0.396 e. The van der Waals surface area contributed by atoms with Crippen LogP contribution >= 0.6 is 0 Å². The Balaban J connectivity index is 1.93. The Morgan fingerprint density at radius 3 is 2.13 bits per heavy atom. The minimum absolute atomic E-state index is 0.00734. The normalized spacial score (nSPS) is 19.7. The van der Waals surface area contributed by atoms with Crippen LogP contribution in [0, 0.1) is 5.41 Å². The predicted octanol–water partition coefficient (Wildman–Crippen LogP) is 2.08. The highest BCUT2D eigenvalue weighted by Gasteiger charge is 2.34. The van der Waals surface area contributed by atoms with Crippen LogP contribution in [-0.4, -0.2) is 64.3 Å². The van der Waals surface area contributed by atoms with Crippen molar-refractivity contribution in [2.75, 3.05) is 13.2 Å². The smallest absolute Gasteiger partial charge is 0.324 e. The van der Waals surface area contributed by atoms with Crippen molar-refractivity contribution in [1.29, 1.82) is 0 Å². The van der Waals surface area contributed by atoms with E-state index in [1.54, 1.807) is 13.8 Å². The number of rotatable bonds is 8. The van der Waals surface area contributed by atoms with Crippen molar-refractivity contribution < 1.29 is 24.6 Å². The molecule has 2 aliphatic carbocycles. The van der Waals surface area contributed by atoms with Crippen molar-refractivity contribution in [1.82, 2.24) is 15.5 Å². The van der Waals surface area contributed by atoms with Crippen molar-refractivity contribution >= 4 is 17.8 Å². The summed E-state index contributed by atoms with van der Waals surface area (Å²) in [5, 5.41) is 25.0. The van der Waals surface area contributed by atoms with Crippen molar-refractivity contribution in [3.8, 4) is 0 Å². The zero-order valence-corrected chi connectivity index (χ0v) is 18.5. The molecule has 0 heterocycles. The Bertz CT molecular complexity index is 583. The Labute approximate surface area is 179 Å². The van der Waals surface area contributed by atoms with E-state index in [1.807, 2.05) is 0 Å². The average Bonchev–Trinajstić information content (AvgIpc) is 2.74. The van der Waals surface area contributed by atoms with Gasteiger partial charge in [0.15, 0.2) is 0 Å². The van der Waals surface area contributed by atoms with Gasteiger partial charge in [-0.15, -0.1) is 0 Å². The SMILES string of the molecule is CC(C)(CO)[C@H](O)C(=O)NCCC(=O)N(C(=O)NC1CCCCC1)C1CCCCC1. The van der Waals surface area contributed by atoms with E-state index in [2.05, 4.69) is 10.6 Å². The summed E-state index contributed by atoms with van der Waals surface area (Å²) in [6.45, 7) is 2.87. The molecule has 1 atom stereocenters. The van der Waals surface area contributed by atoms with Gasteiger partial charge in [0, 0.05) is 30.5 Å². The summed E-state index contributed by atoms with van der Waals surface area (Å²) >= 11 is 0. The first-order valence-corrected chi connectivity index (χ1v) is 11.5. The quantitative estimate of drug-likeness (QED) is 0.475. The maximum Gasteiger partial charge on any atom is 0.324 e. The largest absolute Gasteiger partial charge is 0.396 e. The number of nitrogens with one attached hydrogen (secondary N) is 2. The molecule has 0 aliphatic heterocycles. The third-order valence-electron chi connectivity index (χ3n) is 6.39. The highest BCUT2D eigenvalue weighted by molar-refractivity contribution is 5.95. The Hall–Kier alpha value is -1.67. The summed E-state index contributed by atoms with van der Waals surface area (Å²) in [6, 6.07) is -0.281. The molecular weight excluding hydrogens is 386 g/mol. The van der Waals surface area contributed by atoms with Gasteiger partial charge in [0.2, 0.25) is 11.8 Å². The van der Waals surface area contributed by atoms with Gasteiger partial charge in [0.1, 0.15) is 6.10 Å². The van der Waals surface area contributed by atoms with Gasteiger partial charge in [-0.05, 0) is 25.7 Å². The molecule has 0 aromatic rings. The van der Waals surface area contributed by atoms with E-state index in [0.717, 1.165) is 57.8 Å². The molecule has 4 N–H and O–H groups in total. The van der Waals surface area contributed by atoms with Gasteiger partial charge in [-0.3, -0.25) is 14.5 Å². The standard InChI is InChI=1S/C22H39N3O5/c1-22(2,15-26)19(28)20(29)23-14-13-18(27)25(17-11-7-4-8-12-17)21(30)24-16-9-5-3-6-10-16/h16-17,19,26,28H,3-15H2,1-2H3,(H,23,29)(H,24,30)/t19-/m1/s1. The molecule has 0 unspecified atom stereocenters. The Kier molecular flexibility index (Phi) is 9.55. The zero-order chi connectivity index (χ0) is 22.1. The fourth-order valence-corrected chi connectivity index (χ4v) is 4.26. The second kappa shape index (κ2) is 11.6. The number of urea groups is 1. The number of nitrogens with zero attached hydrogens (tertiary/aromatic N) is 1. The van der Waals surface area contributed by atoms with Gasteiger partial charge in [-0.1, -0.05) is 52.4 Å². The van der Waals surface area contributed by atoms with Gasteiger partial charge in [-0.25, -0.2) is 4.79 Å². The van der Waals surface area contributed by atoms with Crippen LogP contribution in [0.5, 0.6) is 0 Å². The molecule has 8 nitrogen and oxygen atoms in total. The maximum absolute atomic E-state index is 13.0. The molecule has 172 valence electrons. The van der Waals surface area contributed by atoms with Crippen LogP contribution in [0.2, 0.25) is 0 Å². The van der Waals surface area contributed by atoms with Crippen molar-refractivity contribution in [3.05, 3.63) is 0 Å². The fraction of sp³-hybridized carbons (Fsp3) is 0.864. The molecule has 0 aromatic heterocycles. The summed E-state index contributed by atoms with van der Waals surface area (Å²) in [6.07, 6.45) is 8.68. The first kappa shape index (κ1) is 24.6. The highest BCUT2D eigenvalue weighted by atomic mass is 16.3. The van der Waals surface area contributed by atoms with Crippen molar-refractivity contribution in [2.45, 2.75) is 103 Å². The highest BCUT2D eigenvalue weighted by Crippen LogP contribution is 2.24. The van der Waals surface area contributed by atoms with Crippen molar-refractivity contribution in [3.63, 3.8) is 0 Å². The van der Waals surface area contributed by atoms with Gasteiger partial charge in [0.05, 0.1) is 6.61 Å². The molecular formula is C22H39N3O5. The van der Waals surface area contributed by atoms with E-state index in [0.29, 0.717) is 0 Å². The molecule has 2 rings (SSSR count). The summed E-state index contributed by atoms with van der Waals surface area (Å²) < 4.78 is 0. The first-order chi connectivity index (χ1) is 14.3. The van der Waals surface area contributed by atoms with Crippen LogP contribution in [0.4, 0.5) is 4.79 Å². The predicted molar refractivity (Wildman–Crippen MR) is 114 cm³/mol. The van der Waals surface area contributed by atoms with Gasteiger partial charge < -0.3 is 20.8 Å². The molecule has 0 aromatic carbocycles. The number of carbonyl (C=O) groups excluding carboxylic acids is 3. The Morgan fingerprint density at radius 2 is 1.57 bits per heavy atom. The topological polar surface area (TPSA) is 119 Å². The van der Waals surface area contributed by atoms with Crippen LogP contribution in [0.1, 0.15) is 84.5 Å². The lowest BCUT2D eigenvalue weighted by atomic mass is 9.87. The molecule has 0 bridgehead atoms. The lowest BCUT2D eigenvalue weighted by Gasteiger charge is -2.34. The number of amides is 4. The van der Waals surface area contributed by atoms with Crippen LogP contribution < -0.4 is 10.6 Å². The second-order valence-electron chi connectivity index (χ2n) is 9.43. The number of aliphatic hydroxyl groups is 2. The molecule has 30 heavy (non-hydrogen) atoms. The third-order valence-corrected chi connectivity index (χ3v) is 6.39. The average molecular weight is 426 g/mol. The monoisotopic (exact) mass is 425 g/mol. The van der Waals surface area contributed by atoms with E-state index >= 15 is 0 Å². The summed E-state index contributed by atoms with van der Waals surface area (Å²) in [4.78, 5) is 39.4. The van der Waals surface area contributed by atoms with E-state index in [1.165, 1.54) is 11.3 Å². The minimum atomic E-state index is -1.37. The molecule has 2 aliphatic rings. The second-order valence-corrected chi connectivity index (χ2v) is 9.43. The van der Waals surface area contributed by atoms with Gasteiger partial charge in [0.25, 0.3) is 0 Å². The van der Waals surface area contributed by atoms with Gasteiger partial charge >= 0.3 is 6.03 Å². The molecule has 4 amide bonds. The lowest BCUT2D eigenvalue weighted by molar-refractivity contribution is -0.137. The van der Waals surface area contributed by atoms with E-state index < -0.39 is 17.4 Å². The number of hydrogen-bond acceptors (Lipinski definition) is 5. The zero-order valence-electron chi connectivity index (χ0n) is 18.5. The first-order valence-electron chi connectivity index (χ1n) is 11.5. The van der Waals surface area contributed by atoms with E-state index in [-0.39, 0.29) is 43.6 Å². The van der Waals surface area contributed by atoms with E-state index in [9.17, 15) is 24.6 Å². The van der Waals surface area contributed by atoms with E-state index in [4.69, 9.17) is 0 Å². The summed E-state index contributed by atoms with van der Waals surface area (Å²) in [5.41, 5.74) is -0.970. The van der Waals surface area contributed by atoms with Crippen LogP contribution in [0.3, 0.4) is 0 Å². The Morgan fingerprint density at radius 1 is 1.00 bits per heavy atom. The molecule has 2 saturated carbocycles.